The van der Waals surface area contributed by atoms with Crippen LogP contribution in [0.25, 0.3) is 0 Å². The van der Waals surface area contributed by atoms with Gasteiger partial charge >= 0.3 is 0 Å². The summed E-state index contributed by atoms with van der Waals surface area (Å²) in [7, 11) is 5.81. The van der Waals surface area contributed by atoms with E-state index in [2.05, 4.69) is 14.9 Å². The van der Waals surface area contributed by atoms with Crippen molar-refractivity contribution < 1.29 is 9.53 Å². The molecule has 3 heterocycles. The van der Waals surface area contributed by atoms with Crippen LogP contribution in [0.15, 0.2) is 6.20 Å². The van der Waals surface area contributed by atoms with E-state index in [1.807, 2.05) is 44.1 Å². The summed E-state index contributed by atoms with van der Waals surface area (Å²) in [5, 5.41) is 0. The number of carbonyl (C=O) groups is 1. The molecule has 2 saturated heterocycles. The van der Waals surface area contributed by atoms with E-state index in [0.717, 1.165) is 11.4 Å². The van der Waals surface area contributed by atoms with Crippen LogP contribution in [0.2, 0.25) is 0 Å². The second kappa shape index (κ2) is 5.72. The summed E-state index contributed by atoms with van der Waals surface area (Å²) in [5.74, 6) is 1.61. The maximum Gasteiger partial charge on any atom is 0.229 e. The molecule has 1 aromatic heterocycles. The predicted octanol–water partition coefficient (Wildman–Crippen LogP) is 0.144. The minimum Gasteiger partial charge on any atom is -0.378 e. The van der Waals surface area contributed by atoms with E-state index < -0.39 is 0 Å². The third-order valence-corrected chi connectivity index (χ3v) is 4.38. The number of carbonyl (C=O) groups excluding carboxylic acids is 1. The number of fused-ring (bicyclic) bond motifs is 3. The van der Waals surface area contributed by atoms with Gasteiger partial charge in [-0.15, -0.1) is 0 Å². The van der Waals surface area contributed by atoms with Crippen LogP contribution in [-0.4, -0.2) is 74.3 Å². The third-order valence-electron chi connectivity index (χ3n) is 4.38. The fourth-order valence-electron chi connectivity index (χ4n) is 3.09. The summed E-state index contributed by atoms with van der Waals surface area (Å²) < 4.78 is 5.63. The Labute approximate surface area is 130 Å². The van der Waals surface area contributed by atoms with Gasteiger partial charge in [-0.25, -0.2) is 4.98 Å². The number of aromatic nitrogens is 2. The Morgan fingerprint density at radius 1 is 1.32 bits per heavy atom. The average Bonchev–Trinajstić information content (AvgIpc) is 2.65. The molecule has 7 heteroatoms. The summed E-state index contributed by atoms with van der Waals surface area (Å²) >= 11 is 0. The number of hydrogen-bond donors (Lipinski definition) is 0. The maximum absolute atomic E-state index is 12.4. The minimum atomic E-state index is -0.148. The smallest absolute Gasteiger partial charge is 0.229 e. The van der Waals surface area contributed by atoms with Crippen molar-refractivity contribution in [2.24, 2.45) is 5.92 Å². The highest BCUT2D eigenvalue weighted by atomic mass is 16.5. The van der Waals surface area contributed by atoms with Gasteiger partial charge in [-0.05, 0) is 6.92 Å². The standard InChI is InChI=1S/C15H23N5O2/c1-10-5-16-15(17-13(10)18(2)3)20-6-11-8-22-9-12(7-20)19(4)14(11)21/h5,11-12H,6-9H2,1-4H3/t11-,12+/m1/s1. The number of ether oxygens (including phenoxy) is 1. The largest absolute Gasteiger partial charge is 0.378 e. The monoisotopic (exact) mass is 305 g/mol. The van der Waals surface area contributed by atoms with E-state index in [0.29, 0.717) is 32.3 Å². The molecule has 2 fully saturated rings. The molecule has 0 aromatic carbocycles. The number of hydrogen-bond acceptors (Lipinski definition) is 6. The number of aryl methyl sites for hydroxylation is 1. The van der Waals surface area contributed by atoms with Crippen molar-refractivity contribution in [1.29, 1.82) is 0 Å². The van der Waals surface area contributed by atoms with Crippen molar-refractivity contribution in [2.45, 2.75) is 13.0 Å². The minimum absolute atomic E-state index is 0.0488. The molecule has 2 aliphatic rings. The molecular weight excluding hydrogens is 282 g/mol. The molecule has 0 saturated carbocycles. The highest BCUT2D eigenvalue weighted by Crippen LogP contribution is 2.24. The fourth-order valence-corrected chi connectivity index (χ4v) is 3.09. The van der Waals surface area contributed by atoms with E-state index in [1.165, 1.54) is 0 Å². The van der Waals surface area contributed by atoms with E-state index in [-0.39, 0.29) is 17.9 Å². The number of likely N-dealkylation sites (N-methyl/N-ethyl adjacent to an activating group) is 1. The number of anilines is 2. The van der Waals surface area contributed by atoms with Crippen LogP contribution in [0.4, 0.5) is 11.8 Å². The summed E-state index contributed by atoms with van der Waals surface area (Å²) in [4.78, 5) is 27.5. The van der Waals surface area contributed by atoms with Crippen LogP contribution in [0.5, 0.6) is 0 Å². The number of amides is 1. The molecule has 1 amide bonds. The molecule has 1 aromatic rings. The lowest BCUT2D eigenvalue weighted by Crippen LogP contribution is -2.43. The Bertz CT molecular complexity index is 577. The lowest BCUT2D eigenvalue weighted by molar-refractivity contribution is -0.133. The van der Waals surface area contributed by atoms with Gasteiger partial charge in [0.2, 0.25) is 11.9 Å². The zero-order chi connectivity index (χ0) is 15.9. The van der Waals surface area contributed by atoms with E-state index in [4.69, 9.17) is 4.74 Å². The van der Waals surface area contributed by atoms with Gasteiger partial charge in [0.1, 0.15) is 5.82 Å². The lowest BCUT2D eigenvalue weighted by atomic mass is 10.1. The number of rotatable bonds is 2. The van der Waals surface area contributed by atoms with Crippen molar-refractivity contribution in [3.05, 3.63) is 11.8 Å². The van der Waals surface area contributed by atoms with Crippen LogP contribution in [0.3, 0.4) is 0 Å². The summed E-state index contributed by atoms with van der Waals surface area (Å²) in [5.41, 5.74) is 1.04. The Balaban J connectivity index is 1.92. The first kappa shape index (κ1) is 15.0. The second-order valence-electron chi connectivity index (χ2n) is 6.31. The highest BCUT2D eigenvalue weighted by Gasteiger charge is 2.38. The van der Waals surface area contributed by atoms with Gasteiger partial charge in [-0.1, -0.05) is 0 Å². The normalized spacial score (nSPS) is 25.2. The van der Waals surface area contributed by atoms with Gasteiger partial charge < -0.3 is 19.4 Å². The topological polar surface area (TPSA) is 61.8 Å². The molecule has 120 valence electrons. The molecule has 2 aliphatic heterocycles. The lowest BCUT2D eigenvalue weighted by Gasteiger charge is -2.30. The highest BCUT2D eigenvalue weighted by molar-refractivity contribution is 5.80. The summed E-state index contributed by atoms with van der Waals surface area (Å²) in [6.07, 6.45) is 1.85. The molecule has 0 radical (unpaired) electrons. The SMILES string of the molecule is Cc1cnc(N2C[C@@H]3COC[C@H](C2)N(C)C3=O)nc1N(C)C. The van der Waals surface area contributed by atoms with Crippen LogP contribution in [0.1, 0.15) is 5.56 Å². The zero-order valence-electron chi connectivity index (χ0n) is 13.6. The molecule has 2 bridgehead atoms. The van der Waals surface area contributed by atoms with Crippen LogP contribution in [0, 0.1) is 12.8 Å². The van der Waals surface area contributed by atoms with E-state index >= 15 is 0 Å². The molecule has 0 unspecified atom stereocenters. The van der Waals surface area contributed by atoms with Crippen LogP contribution < -0.4 is 9.80 Å². The predicted molar refractivity (Wildman–Crippen MR) is 84.2 cm³/mol. The first-order valence-electron chi connectivity index (χ1n) is 7.57. The van der Waals surface area contributed by atoms with E-state index in [1.54, 1.807) is 0 Å². The van der Waals surface area contributed by atoms with E-state index in [9.17, 15) is 4.79 Å². The Hall–Kier alpha value is -1.89. The van der Waals surface area contributed by atoms with Crippen LogP contribution >= 0.6 is 0 Å². The van der Waals surface area contributed by atoms with Gasteiger partial charge in [0.05, 0.1) is 25.2 Å². The summed E-state index contributed by atoms with van der Waals surface area (Å²) in [6, 6.07) is 0.0488. The molecule has 0 spiro atoms. The second-order valence-corrected chi connectivity index (χ2v) is 6.31. The molecule has 22 heavy (non-hydrogen) atoms. The quantitative estimate of drug-likeness (QED) is 0.775. The van der Waals surface area contributed by atoms with Gasteiger partial charge in [0.25, 0.3) is 0 Å². The van der Waals surface area contributed by atoms with Gasteiger partial charge in [0, 0.05) is 46.0 Å². The molecule has 0 aliphatic carbocycles. The zero-order valence-corrected chi connectivity index (χ0v) is 13.6. The average molecular weight is 305 g/mol. The van der Waals surface area contributed by atoms with Crippen LogP contribution in [-0.2, 0) is 9.53 Å². The fraction of sp³-hybridized carbons (Fsp3) is 0.667. The van der Waals surface area contributed by atoms with Crippen molar-refractivity contribution >= 4 is 17.7 Å². The Morgan fingerprint density at radius 2 is 2.09 bits per heavy atom. The number of nitrogens with zero attached hydrogens (tertiary/aromatic N) is 5. The van der Waals surface area contributed by atoms with Crippen molar-refractivity contribution in [2.75, 3.05) is 57.2 Å². The molecular formula is C15H23N5O2. The summed E-state index contributed by atoms with van der Waals surface area (Å²) in [6.45, 7) is 4.36. The maximum atomic E-state index is 12.4. The first-order valence-corrected chi connectivity index (χ1v) is 7.57. The molecule has 0 N–H and O–H groups in total. The van der Waals surface area contributed by atoms with Crippen molar-refractivity contribution in [3.63, 3.8) is 0 Å². The van der Waals surface area contributed by atoms with Gasteiger partial charge in [-0.3, -0.25) is 4.79 Å². The molecule has 3 rings (SSSR count). The van der Waals surface area contributed by atoms with Gasteiger partial charge in [0.15, 0.2) is 0 Å². The first-order chi connectivity index (χ1) is 10.5. The third kappa shape index (κ3) is 2.61. The Morgan fingerprint density at radius 3 is 2.82 bits per heavy atom. The van der Waals surface area contributed by atoms with Crippen molar-refractivity contribution in [1.82, 2.24) is 14.9 Å². The molecule has 7 nitrogen and oxygen atoms in total. The van der Waals surface area contributed by atoms with Crippen molar-refractivity contribution in [3.8, 4) is 0 Å². The molecule has 2 atom stereocenters. The van der Waals surface area contributed by atoms with Gasteiger partial charge in [-0.2, -0.15) is 4.98 Å². The Kier molecular flexibility index (Phi) is 3.90.